The summed E-state index contributed by atoms with van der Waals surface area (Å²) in [7, 11) is 1.69. The van der Waals surface area contributed by atoms with Crippen LogP contribution in [0.1, 0.15) is 68.3 Å². The first kappa shape index (κ1) is 21.8. The minimum absolute atomic E-state index is 0.0976. The molecule has 0 aliphatic heterocycles. The fraction of sp³-hybridized carbons (Fsp3) is 0.458. The molecule has 28 heavy (non-hydrogen) atoms. The Balaban J connectivity index is 2.18. The summed E-state index contributed by atoms with van der Waals surface area (Å²) >= 11 is 0. The number of ether oxygens (including phenoxy) is 2. The highest BCUT2D eigenvalue weighted by Gasteiger charge is 2.23. The quantitative estimate of drug-likeness (QED) is 0.657. The average molecular weight is 384 g/mol. The van der Waals surface area contributed by atoms with E-state index in [2.05, 4.69) is 31.3 Å². The van der Waals surface area contributed by atoms with Crippen molar-refractivity contribution in [3.05, 3.63) is 58.7 Å². The Morgan fingerprint density at radius 1 is 1.00 bits per heavy atom. The molecule has 2 unspecified atom stereocenters. The minimum Gasteiger partial charge on any atom is -0.496 e. The minimum atomic E-state index is -0.522. The highest BCUT2D eigenvalue weighted by Crippen LogP contribution is 2.32. The number of carbonyl (C=O) groups is 1. The molecule has 0 spiro atoms. The van der Waals surface area contributed by atoms with Crippen LogP contribution in [0.25, 0.3) is 0 Å². The number of amides is 1. The van der Waals surface area contributed by atoms with Gasteiger partial charge in [0, 0.05) is 0 Å². The number of hydrogen-bond acceptors (Lipinski definition) is 3. The molecule has 0 fully saturated rings. The second-order valence-electron chi connectivity index (χ2n) is 7.62. The molecule has 2 rings (SSSR count). The zero-order valence-corrected chi connectivity index (χ0v) is 18.1. The van der Waals surface area contributed by atoms with E-state index >= 15 is 0 Å². The van der Waals surface area contributed by atoms with Gasteiger partial charge >= 0.3 is 0 Å². The van der Waals surface area contributed by atoms with Crippen molar-refractivity contribution < 1.29 is 14.3 Å². The van der Waals surface area contributed by atoms with Gasteiger partial charge in [-0.15, -0.1) is 0 Å². The summed E-state index contributed by atoms with van der Waals surface area (Å²) in [6.07, 6.45) is 0.0813. The molecule has 152 valence electrons. The van der Waals surface area contributed by atoms with Gasteiger partial charge in [-0.05, 0) is 73.6 Å². The fourth-order valence-electron chi connectivity index (χ4n) is 3.36. The van der Waals surface area contributed by atoms with Crippen LogP contribution in [-0.4, -0.2) is 19.1 Å². The molecular formula is C24H33NO3. The van der Waals surface area contributed by atoms with Gasteiger partial charge in [0.15, 0.2) is 6.10 Å². The van der Waals surface area contributed by atoms with Crippen LogP contribution in [0.15, 0.2) is 36.4 Å². The van der Waals surface area contributed by atoms with Gasteiger partial charge in [0.2, 0.25) is 0 Å². The average Bonchev–Trinajstić information content (AvgIpc) is 2.66. The SMILES string of the molecule is CCC(Oc1ccccc1C)C(=O)NC(C)c1cc(C(C)C)c(OC)cc1C. The van der Waals surface area contributed by atoms with Crippen LogP contribution in [0.3, 0.4) is 0 Å². The van der Waals surface area contributed by atoms with Gasteiger partial charge in [-0.1, -0.05) is 39.0 Å². The Kier molecular flexibility index (Phi) is 7.50. The number of rotatable bonds is 8. The third-order valence-electron chi connectivity index (χ3n) is 5.09. The molecule has 2 aromatic rings. The second-order valence-corrected chi connectivity index (χ2v) is 7.62. The second kappa shape index (κ2) is 9.63. The molecule has 0 aliphatic carbocycles. The fourth-order valence-corrected chi connectivity index (χ4v) is 3.36. The third kappa shape index (κ3) is 5.06. The first-order valence-corrected chi connectivity index (χ1v) is 9.99. The van der Waals surface area contributed by atoms with Crippen LogP contribution in [0.4, 0.5) is 0 Å². The standard InChI is InChI=1S/C24H33NO3/c1-8-21(28-22-12-10-9-11-16(22)4)24(26)25-18(6)20-14-19(15(2)3)23(27-7)13-17(20)5/h9-15,18,21H,8H2,1-7H3,(H,25,26). The zero-order valence-electron chi connectivity index (χ0n) is 18.1. The molecule has 0 aliphatic rings. The van der Waals surface area contributed by atoms with Gasteiger partial charge in [0.1, 0.15) is 11.5 Å². The van der Waals surface area contributed by atoms with Crippen LogP contribution >= 0.6 is 0 Å². The van der Waals surface area contributed by atoms with Crippen molar-refractivity contribution in [2.45, 2.75) is 66.0 Å². The van der Waals surface area contributed by atoms with Crippen molar-refractivity contribution in [2.24, 2.45) is 0 Å². The molecule has 0 radical (unpaired) electrons. The van der Waals surface area contributed by atoms with Crippen LogP contribution in [0, 0.1) is 13.8 Å². The van der Waals surface area contributed by atoms with E-state index in [4.69, 9.17) is 9.47 Å². The van der Waals surface area contributed by atoms with E-state index in [1.54, 1.807) is 7.11 Å². The Hall–Kier alpha value is -2.49. The number of carbonyl (C=O) groups excluding carboxylic acids is 1. The number of aryl methyl sites for hydroxylation is 2. The van der Waals surface area contributed by atoms with Crippen LogP contribution in [0.2, 0.25) is 0 Å². The lowest BCUT2D eigenvalue weighted by Gasteiger charge is -2.24. The molecule has 4 heteroatoms. The van der Waals surface area contributed by atoms with Crippen molar-refractivity contribution in [2.75, 3.05) is 7.11 Å². The molecular weight excluding hydrogens is 350 g/mol. The van der Waals surface area contributed by atoms with Gasteiger partial charge < -0.3 is 14.8 Å². The molecule has 0 saturated heterocycles. The predicted molar refractivity (Wildman–Crippen MR) is 114 cm³/mol. The van der Waals surface area contributed by atoms with Crippen LogP contribution in [0.5, 0.6) is 11.5 Å². The van der Waals surface area contributed by atoms with Crippen LogP contribution in [-0.2, 0) is 4.79 Å². The summed E-state index contributed by atoms with van der Waals surface area (Å²) in [5, 5.41) is 3.13. The molecule has 1 amide bonds. The molecule has 0 heterocycles. The monoisotopic (exact) mass is 383 g/mol. The van der Waals surface area contributed by atoms with E-state index in [1.165, 1.54) is 0 Å². The lowest BCUT2D eigenvalue weighted by molar-refractivity contribution is -0.128. The van der Waals surface area contributed by atoms with E-state index in [-0.39, 0.29) is 11.9 Å². The first-order valence-electron chi connectivity index (χ1n) is 9.99. The van der Waals surface area contributed by atoms with E-state index in [9.17, 15) is 4.79 Å². The van der Waals surface area contributed by atoms with Gasteiger partial charge in [-0.25, -0.2) is 0 Å². The highest BCUT2D eigenvalue weighted by atomic mass is 16.5. The largest absolute Gasteiger partial charge is 0.496 e. The van der Waals surface area contributed by atoms with E-state index in [0.717, 1.165) is 33.8 Å². The Labute approximate surface area is 169 Å². The predicted octanol–water partition coefficient (Wildman–Crippen LogP) is 5.47. The van der Waals surface area contributed by atoms with Gasteiger partial charge in [-0.2, -0.15) is 0 Å². The maximum atomic E-state index is 12.9. The van der Waals surface area contributed by atoms with Crippen LogP contribution < -0.4 is 14.8 Å². The summed E-state index contributed by atoms with van der Waals surface area (Å²) in [4.78, 5) is 12.9. The maximum absolute atomic E-state index is 12.9. The number of nitrogens with one attached hydrogen (secondary N) is 1. The molecule has 0 saturated carbocycles. The molecule has 2 aromatic carbocycles. The molecule has 1 N–H and O–H groups in total. The smallest absolute Gasteiger partial charge is 0.261 e. The molecule has 0 bridgehead atoms. The van der Waals surface area contributed by atoms with Crippen molar-refractivity contribution in [1.82, 2.24) is 5.32 Å². The van der Waals surface area contributed by atoms with E-state index < -0.39 is 6.10 Å². The lowest BCUT2D eigenvalue weighted by atomic mass is 9.93. The topological polar surface area (TPSA) is 47.6 Å². The van der Waals surface area contributed by atoms with Crippen molar-refractivity contribution in [3.63, 3.8) is 0 Å². The maximum Gasteiger partial charge on any atom is 0.261 e. The van der Waals surface area contributed by atoms with Crippen molar-refractivity contribution in [1.29, 1.82) is 0 Å². The number of hydrogen-bond donors (Lipinski definition) is 1. The highest BCUT2D eigenvalue weighted by molar-refractivity contribution is 5.81. The number of benzene rings is 2. The number of methoxy groups -OCH3 is 1. The van der Waals surface area contributed by atoms with Gasteiger partial charge in [-0.3, -0.25) is 4.79 Å². The van der Waals surface area contributed by atoms with E-state index in [1.807, 2.05) is 52.0 Å². The first-order chi connectivity index (χ1) is 13.3. The summed E-state index contributed by atoms with van der Waals surface area (Å²) in [6.45, 7) is 12.3. The summed E-state index contributed by atoms with van der Waals surface area (Å²) in [5.74, 6) is 1.88. The molecule has 4 nitrogen and oxygen atoms in total. The Morgan fingerprint density at radius 2 is 1.68 bits per heavy atom. The summed E-state index contributed by atoms with van der Waals surface area (Å²) < 4.78 is 11.5. The lowest BCUT2D eigenvalue weighted by Crippen LogP contribution is -2.39. The zero-order chi connectivity index (χ0) is 20.8. The van der Waals surface area contributed by atoms with Gasteiger partial charge in [0.05, 0.1) is 13.2 Å². The summed E-state index contributed by atoms with van der Waals surface area (Å²) in [6, 6.07) is 11.8. The molecule has 2 atom stereocenters. The van der Waals surface area contributed by atoms with Crippen molar-refractivity contribution in [3.8, 4) is 11.5 Å². The number of para-hydroxylation sites is 1. The Morgan fingerprint density at radius 3 is 2.25 bits per heavy atom. The third-order valence-corrected chi connectivity index (χ3v) is 5.09. The normalized spacial score (nSPS) is 13.1. The van der Waals surface area contributed by atoms with E-state index in [0.29, 0.717) is 12.3 Å². The Bertz CT molecular complexity index is 813. The van der Waals surface area contributed by atoms with Gasteiger partial charge in [0.25, 0.3) is 5.91 Å². The summed E-state index contributed by atoms with van der Waals surface area (Å²) in [5.41, 5.74) is 4.37. The van der Waals surface area contributed by atoms with Crippen molar-refractivity contribution >= 4 is 5.91 Å². The molecule has 0 aromatic heterocycles.